The van der Waals surface area contributed by atoms with Gasteiger partial charge in [0.2, 0.25) is 5.91 Å². The summed E-state index contributed by atoms with van der Waals surface area (Å²) in [5, 5.41) is 6.28. The lowest BCUT2D eigenvalue weighted by Crippen LogP contribution is -2.46. The minimum Gasteiger partial charge on any atom is -0.336 e. The normalized spacial score (nSPS) is 18.5. The lowest BCUT2D eigenvalue weighted by Gasteiger charge is -2.34. The monoisotopic (exact) mass is 347 g/mol. The van der Waals surface area contributed by atoms with Gasteiger partial charge in [-0.15, -0.1) is 11.8 Å². The molecule has 1 aromatic rings. The number of amides is 2. The molecule has 3 rings (SSSR count). The van der Waals surface area contributed by atoms with Crippen molar-refractivity contribution in [2.24, 2.45) is 0 Å². The summed E-state index contributed by atoms with van der Waals surface area (Å²) >= 11 is 1.66. The number of nitrogens with one attached hydrogen (secondary N) is 2. The van der Waals surface area contributed by atoms with Crippen LogP contribution in [0.4, 0.5) is 5.69 Å². The summed E-state index contributed by atoms with van der Waals surface area (Å²) in [4.78, 5) is 27.9. The van der Waals surface area contributed by atoms with Crippen LogP contribution >= 0.6 is 11.8 Å². The van der Waals surface area contributed by atoms with E-state index in [1.54, 1.807) is 11.8 Å². The maximum Gasteiger partial charge on any atom is 0.254 e. The molecule has 24 heavy (non-hydrogen) atoms. The molecule has 6 heteroatoms. The molecule has 2 aliphatic heterocycles. The Bertz CT molecular complexity index is 614. The number of thioether (sulfide) groups is 1. The second kappa shape index (κ2) is 8.03. The first-order chi connectivity index (χ1) is 11.7. The number of carbonyl (C=O) groups excluding carboxylic acids is 2. The van der Waals surface area contributed by atoms with Crippen LogP contribution in [0.5, 0.6) is 0 Å². The van der Waals surface area contributed by atoms with Crippen LogP contribution in [0.2, 0.25) is 0 Å². The van der Waals surface area contributed by atoms with Gasteiger partial charge in [0.25, 0.3) is 5.91 Å². The highest BCUT2D eigenvalue weighted by Crippen LogP contribution is 2.32. The Morgan fingerprint density at radius 2 is 2.12 bits per heavy atom. The molecule has 0 radical (unpaired) electrons. The van der Waals surface area contributed by atoms with Crippen LogP contribution in [0.3, 0.4) is 0 Å². The minimum atomic E-state index is 0.0228. The van der Waals surface area contributed by atoms with E-state index in [2.05, 4.69) is 17.6 Å². The largest absolute Gasteiger partial charge is 0.336 e. The third-order valence-electron chi connectivity index (χ3n) is 4.56. The second-order valence-corrected chi connectivity index (χ2v) is 7.47. The van der Waals surface area contributed by atoms with Crippen molar-refractivity contribution in [2.45, 2.75) is 43.5 Å². The third kappa shape index (κ3) is 3.92. The highest BCUT2D eigenvalue weighted by Gasteiger charge is 2.26. The van der Waals surface area contributed by atoms with Crippen molar-refractivity contribution in [3.05, 3.63) is 23.8 Å². The molecule has 5 nitrogen and oxygen atoms in total. The standard InChI is InChI=1S/C18H25N3O2S/c1-2-10-21(14-5-8-19-9-6-14)18(23)13-3-4-16-15(12-13)20-17(22)7-11-24-16/h3-4,12,14,19H,2,5-11H2,1H3,(H,20,22). The molecule has 2 aliphatic rings. The first-order valence-corrected chi connectivity index (χ1v) is 9.76. The Balaban J connectivity index is 1.83. The summed E-state index contributed by atoms with van der Waals surface area (Å²) in [6.45, 7) is 4.82. The van der Waals surface area contributed by atoms with Gasteiger partial charge in [-0.25, -0.2) is 0 Å². The first-order valence-electron chi connectivity index (χ1n) is 8.77. The molecule has 0 aromatic heterocycles. The van der Waals surface area contributed by atoms with Crippen LogP contribution in [-0.4, -0.2) is 48.1 Å². The Kier molecular flexibility index (Phi) is 5.79. The SMILES string of the molecule is CCCN(C(=O)c1ccc2c(c1)NC(=O)CCS2)C1CCNCC1. The van der Waals surface area contributed by atoms with Crippen LogP contribution in [-0.2, 0) is 4.79 Å². The zero-order valence-corrected chi connectivity index (χ0v) is 15.0. The summed E-state index contributed by atoms with van der Waals surface area (Å²) in [5.41, 5.74) is 1.44. The van der Waals surface area contributed by atoms with Crippen molar-refractivity contribution < 1.29 is 9.59 Å². The predicted octanol–water partition coefficient (Wildman–Crippen LogP) is 2.73. The number of piperidine rings is 1. The number of nitrogens with zero attached hydrogens (tertiary/aromatic N) is 1. The van der Waals surface area contributed by atoms with Gasteiger partial charge in [-0.3, -0.25) is 9.59 Å². The molecule has 2 heterocycles. The molecular weight excluding hydrogens is 322 g/mol. The fourth-order valence-electron chi connectivity index (χ4n) is 3.33. The smallest absolute Gasteiger partial charge is 0.254 e. The molecule has 1 aromatic carbocycles. The zero-order chi connectivity index (χ0) is 16.9. The van der Waals surface area contributed by atoms with Crippen LogP contribution in [0, 0.1) is 0 Å². The number of carbonyl (C=O) groups is 2. The van der Waals surface area contributed by atoms with Crippen LogP contribution in [0.1, 0.15) is 43.0 Å². The molecule has 130 valence electrons. The Hall–Kier alpha value is -1.53. The van der Waals surface area contributed by atoms with E-state index in [4.69, 9.17) is 0 Å². The summed E-state index contributed by atoms with van der Waals surface area (Å²) in [5.74, 6) is 0.882. The molecule has 0 unspecified atom stereocenters. The van der Waals surface area contributed by atoms with Gasteiger partial charge in [-0.1, -0.05) is 6.92 Å². The molecular formula is C18H25N3O2S. The lowest BCUT2D eigenvalue weighted by atomic mass is 10.0. The summed E-state index contributed by atoms with van der Waals surface area (Å²) < 4.78 is 0. The number of hydrogen-bond donors (Lipinski definition) is 2. The molecule has 0 saturated carbocycles. The van der Waals surface area contributed by atoms with E-state index in [1.165, 1.54) is 0 Å². The van der Waals surface area contributed by atoms with E-state index in [1.807, 2.05) is 23.1 Å². The number of fused-ring (bicyclic) bond motifs is 1. The van der Waals surface area contributed by atoms with Crippen molar-refractivity contribution in [1.82, 2.24) is 10.2 Å². The van der Waals surface area contributed by atoms with E-state index in [0.717, 1.165) is 55.2 Å². The average Bonchev–Trinajstić information content (AvgIpc) is 2.79. The number of anilines is 1. The Morgan fingerprint density at radius 1 is 1.33 bits per heavy atom. The van der Waals surface area contributed by atoms with E-state index < -0.39 is 0 Å². The molecule has 2 N–H and O–H groups in total. The second-order valence-electron chi connectivity index (χ2n) is 6.34. The van der Waals surface area contributed by atoms with Crippen molar-refractivity contribution in [2.75, 3.05) is 30.7 Å². The quantitative estimate of drug-likeness (QED) is 0.879. The maximum absolute atomic E-state index is 13.1. The van der Waals surface area contributed by atoms with E-state index >= 15 is 0 Å². The zero-order valence-electron chi connectivity index (χ0n) is 14.1. The van der Waals surface area contributed by atoms with Gasteiger partial charge in [0, 0.05) is 35.2 Å². The molecule has 0 bridgehead atoms. The summed E-state index contributed by atoms with van der Waals surface area (Å²) in [6.07, 6.45) is 3.47. The summed E-state index contributed by atoms with van der Waals surface area (Å²) in [6, 6.07) is 6.01. The summed E-state index contributed by atoms with van der Waals surface area (Å²) in [7, 11) is 0. The number of benzene rings is 1. The van der Waals surface area contributed by atoms with Gasteiger partial charge >= 0.3 is 0 Å². The number of rotatable bonds is 4. The van der Waals surface area contributed by atoms with Gasteiger partial charge in [-0.2, -0.15) is 0 Å². The molecule has 1 saturated heterocycles. The average molecular weight is 347 g/mol. The highest BCUT2D eigenvalue weighted by atomic mass is 32.2. The van der Waals surface area contributed by atoms with Crippen molar-refractivity contribution in [1.29, 1.82) is 0 Å². The lowest BCUT2D eigenvalue weighted by molar-refractivity contribution is -0.115. The predicted molar refractivity (Wildman–Crippen MR) is 97.6 cm³/mol. The Morgan fingerprint density at radius 3 is 2.88 bits per heavy atom. The van der Waals surface area contributed by atoms with Gasteiger partial charge in [0.1, 0.15) is 0 Å². The Labute approximate surface area is 147 Å². The van der Waals surface area contributed by atoms with Crippen LogP contribution in [0.25, 0.3) is 0 Å². The van der Waals surface area contributed by atoms with Gasteiger partial charge < -0.3 is 15.5 Å². The fraction of sp³-hybridized carbons (Fsp3) is 0.556. The highest BCUT2D eigenvalue weighted by molar-refractivity contribution is 7.99. The topological polar surface area (TPSA) is 61.4 Å². The fourth-order valence-corrected chi connectivity index (χ4v) is 4.27. The minimum absolute atomic E-state index is 0.0228. The van der Waals surface area contributed by atoms with Crippen molar-refractivity contribution >= 4 is 29.3 Å². The van der Waals surface area contributed by atoms with Crippen molar-refractivity contribution in [3.63, 3.8) is 0 Å². The van der Waals surface area contributed by atoms with Crippen molar-refractivity contribution in [3.8, 4) is 0 Å². The first kappa shape index (κ1) is 17.3. The third-order valence-corrected chi connectivity index (χ3v) is 5.64. The van der Waals surface area contributed by atoms with Crippen LogP contribution < -0.4 is 10.6 Å². The van der Waals surface area contributed by atoms with Gasteiger partial charge in [-0.05, 0) is 50.6 Å². The van der Waals surface area contributed by atoms with E-state index in [0.29, 0.717) is 18.0 Å². The molecule has 1 fully saturated rings. The molecule has 2 amide bonds. The number of hydrogen-bond acceptors (Lipinski definition) is 4. The van der Waals surface area contributed by atoms with E-state index in [-0.39, 0.29) is 11.8 Å². The molecule has 0 spiro atoms. The van der Waals surface area contributed by atoms with Crippen LogP contribution in [0.15, 0.2) is 23.1 Å². The van der Waals surface area contributed by atoms with Gasteiger partial charge in [0.15, 0.2) is 0 Å². The molecule has 0 atom stereocenters. The van der Waals surface area contributed by atoms with E-state index in [9.17, 15) is 9.59 Å². The maximum atomic E-state index is 13.1. The van der Waals surface area contributed by atoms with Gasteiger partial charge in [0.05, 0.1) is 5.69 Å². The molecule has 0 aliphatic carbocycles.